The van der Waals surface area contributed by atoms with E-state index >= 15 is 0 Å². The van der Waals surface area contributed by atoms with Gasteiger partial charge in [0.15, 0.2) is 0 Å². The molecule has 3 heteroatoms. The molecule has 1 rings (SSSR count). The second-order valence-electron chi connectivity index (χ2n) is 3.91. The first-order valence-corrected chi connectivity index (χ1v) is 5.35. The van der Waals surface area contributed by atoms with Crippen LogP contribution in [0.2, 0.25) is 5.02 Å². The zero-order chi connectivity index (χ0) is 11.4. The highest BCUT2D eigenvalue weighted by atomic mass is 35.5. The number of hydrogen-bond acceptors (Lipinski definition) is 2. The lowest BCUT2D eigenvalue weighted by molar-refractivity contribution is 0.609. The van der Waals surface area contributed by atoms with Gasteiger partial charge in [0.1, 0.15) is 6.04 Å². The van der Waals surface area contributed by atoms with E-state index < -0.39 is 0 Å². The molecule has 1 atom stereocenters. The Morgan fingerprint density at radius 3 is 2.60 bits per heavy atom. The third kappa shape index (κ3) is 2.87. The summed E-state index contributed by atoms with van der Waals surface area (Å²) in [5.41, 5.74) is 1.92. The summed E-state index contributed by atoms with van der Waals surface area (Å²) < 4.78 is 0. The van der Waals surface area contributed by atoms with Gasteiger partial charge in [0, 0.05) is 10.7 Å². The molecular formula is C12H15ClN2. The van der Waals surface area contributed by atoms with E-state index in [0.29, 0.717) is 0 Å². The van der Waals surface area contributed by atoms with Crippen molar-refractivity contribution in [1.29, 1.82) is 5.26 Å². The summed E-state index contributed by atoms with van der Waals surface area (Å²) in [5.74, 6) is 0.272. The summed E-state index contributed by atoms with van der Waals surface area (Å²) in [6.45, 7) is 5.97. The Bertz CT molecular complexity index is 380. The first-order chi connectivity index (χ1) is 7.06. The Hall–Kier alpha value is -1.20. The minimum Gasteiger partial charge on any atom is -0.369 e. The molecule has 0 fully saturated rings. The molecule has 1 N–H and O–H groups in total. The van der Waals surface area contributed by atoms with Crippen molar-refractivity contribution < 1.29 is 0 Å². The average molecular weight is 223 g/mol. The average Bonchev–Trinajstić information content (AvgIpc) is 2.19. The summed E-state index contributed by atoms with van der Waals surface area (Å²) in [4.78, 5) is 0. The quantitative estimate of drug-likeness (QED) is 0.848. The van der Waals surface area contributed by atoms with E-state index in [0.717, 1.165) is 16.3 Å². The second-order valence-corrected chi connectivity index (χ2v) is 4.31. The molecule has 80 valence electrons. The molecule has 1 aromatic rings. The number of anilines is 1. The summed E-state index contributed by atoms with van der Waals surface area (Å²) in [5, 5.41) is 12.9. The van der Waals surface area contributed by atoms with Gasteiger partial charge < -0.3 is 5.32 Å². The maximum atomic E-state index is 8.97. The van der Waals surface area contributed by atoms with Gasteiger partial charge in [-0.2, -0.15) is 5.26 Å². The van der Waals surface area contributed by atoms with Crippen LogP contribution < -0.4 is 5.32 Å². The molecule has 1 unspecified atom stereocenters. The smallest absolute Gasteiger partial charge is 0.116 e. The van der Waals surface area contributed by atoms with Crippen molar-refractivity contribution in [2.45, 2.75) is 26.8 Å². The number of nitrogens with zero attached hydrogens (tertiary/aromatic N) is 1. The van der Waals surface area contributed by atoms with Gasteiger partial charge in [-0.1, -0.05) is 31.5 Å². The lowest BCUT2D eigenvalue weighted by Crippen LogP contribution is -2.23. The van der Waals surface area contributed by atoms with Crippen LogP contribution in [0.1, 0.15) is 19.4 Å². The zero-order valence-corrected chi connectivity index (χ0v) is 9.97. The summed E-state index contributed by atoms with van der Waals surface area (Å²) >= 11 is 6.00. The van der Waals surface area contributed by atoms with Gasteiger partial charge in [-0.25, -0.2) is 0 Å². The molecule has 0 heterocycles. The number of nitrogens with one attached hydrogen (secondary N) is 1. The van der Waals surface area contributed by atoms with Crippen LogP contribution in [0.15, 0.2) is 18.2 Å². The molecular weight excluding hydrogens is 208 g/mol. The van der Waals surface area contributed by atoms with Gasteiger partial charge in [-0.3, -0.25) is 0 Å². The highest BCUT2D eigenvalue weighted by Gasteiger charge is 2.13. The SMILES string of the molecule is Cc1c(Cl)cccc1NC(C#N)C(C)C. The summed E-state index contributed by atoms with van der Waals surface area (Å²) in [6, 6.07) is 7.73. The highest BCUT2D eigenvalue weighted by Crippen LogP contribution is 2.24. The molecule has 2 nitrogen and oxygen atoms in total. The third-order valence-corrected chi connectivity index (χ3v) is 2.79. The van der Waals surface area contributed by atoms with Crippen molar-refractivity contribution in [3.63, 3.8) is 0 Å². The third-order valence-electron chi connectivity index (χ3n) is 2.38. The largest absolute Gasteiger partial charge is 0.369 e. The maximum absolute atomic E-state index is 8.97. The van der Waals surface area contributed by atoms with Gasteiger partial charge in [-0.15, -0.1) is 0 Å². The van der Waals surface area contributed by atoms with E-state index in [9.17, 15) is 0 Å². The van der Waals surface area contributed by atoms with Crippen molar-refractivity contribution >= 4 is 17.3 Å². The lowest BCUT2D eigenvalue weighted by Gasteiger charge is -2.18. The predicted octanol–water partition coefficient (Wildman–Crippen LogP) is 3.61. The van der Waals surface area contributed by atoms with E-state index in [2.05, 4.69) is 11.4 Å². The Kier molecular flexibility index (Phi) is 3.99. The monoisotopic (exact) mass is 222 g/mol. The minimum absolute atomic E-state index is 0.179. The summed E-state index contributed by atoms with van der Waals surface area (Å²) in [6.07, 6.45) is 0. The number of rotatable bonds is 3. The molecule has 15 heavy (non-hydrogen) atoms. The van der Waals surface area contributed by atoms with Crippen molar-refractivity contribution in [2.24, 2.45) is 5.92 Å². The first kappa shape index (κ1) is 11.9. The maximum Gasteiger partial charge on any atom is 0.116 e. The standard InChI is InChI=1S/C12H15ClN2/c1-8(2)12(7-14)15-11-6-4-5-10(13)9(11)3/h4-6,8,12,15H,1-3H3. The predicted molar refractivity (Wildman–Crippen MR) is 64.1 cm³/mol. The van der Waals surface area contributed by atoms with Crippen LogP contribution in [0.5, 0.6) is 0 Å². The molecule has 0 amide bonds. The zero-order valence-electron chi connectivity index (χ0n) is 9.21. The van der Waals surface area contributed by atoms with Crippen LogP contribution in [0.25, 0.3) is 0 Å². The molecule has 0 aliphatic rings. The fourth-order valence-electron chi connectivity index (χ4n) is 1.28. The fourth-order valence-corrected chi connectivity index (χ4v) is 1.45. The van der Waals surface area contributed by atoms with Crippen LogP contribution in [-0.4, -0.2) is 6.04 Å². The van der Waals surface area contributed by atoms with Gasteiger partial charge >= 0.3 is 0 Å². The van der Waals surface area contributed by atoms with Crippen LogP contribution in [0.4, 0.5) is 5.69 Å². The van der Waals surface area contributed by atoms with Crippen LogP contribution in [0, 0.1) is 24.2 Å². The van der Waals surface area contributed by atoms with E-state index in [1.54, 1.807) is 0 Å². The Balaban J connectivity index is 2.90. The van der Waals surface area contributed by atoms with Crippen LogP contribution in [-0.2, 0) is 0 Å². The minimum atomic E-state index is -0.179. The number of hydrogen-bond donors (Lipinski definition) is 1. The van der Waals surface area contributed by atoms with Gasteiger partial charge in [0.2, 0.25) is 0 Å². The Morgan fingerprint density at radius 2 is 2.07 bits per heavy atom. The van der Waals surface area contributed by atoms with Gasteiger partial charge in [0.05, 0.1) is 6.07 Å². The van der Waals surface area contributed by atoms with Crippen LogP contribution in [0.3, 0.4) is 0 Å². The normalized spacial score (nSPS) is 12.3. The van der Waals surface area contributed by atoms with Crippen LogP contribution >= 0.6 is 11.6 Å². The number of benzene rings is 1. The van der Waals surface area contributed by atoms with E-state index in [4.69, 9.17) is 16.9 Å². The van der Waals surface area contributed by atoms with E-state index in [1.807, 2.05) is 39.0 Å². The molecule has 0 bridgehead atoms. The summed E-state index contributed by atoms with van der Waals surface area (Å²) in [7, 11) is 0. The fraction of sp³-hybridized carbons (Fsp3) is 0.417. The Morgan fingerprint density at radius 1 is 1.40 bits per heavy atom. The molecule has 0 radical (unpaired) electrons. The van der Waals surface area contributed by atoms with E-state index in [1.165, 1.54) is 0 Å². The molecule has 1 aromatic carbocycles. The highest BCUT2D eigenvalue weighted by molar-refractivity contribution is 6.31. The molecule has 0 saturated carbocycles. The van der Waals surface area contributed by atoms with Gasteiger partial charge in [-0.05, 0) is 30.5 Å². The Labute approximate surface area is 95.9 Å². The number of halogens is 1. The van der Waals surface area contributed by atoms with Crippen molar-refractivity contribution in [3.05, 3.63) is 28.8 Å². The number of nitriles is 1. The molecule has 0 saturated heterocycles. The first-order valence-electron chi connectivity index (χ1n) is 4.97. The van der Waals surface area contributed by atoms with Crippen molar-refractivity contribution in [1.82, 2.24) is 0 Å². The topological polar surface area (TPSA) is 35.8 Å². The van der Waals surface area contributed by atoms with Crippen molar-refractivity contribution in [3.8, 4) is 6.07 Å². The van der Waals surface area contributed by atoms with Crippen molar-refractivity contribution in [2.75, 3.05) is 5.32 Å². The molecule has 0 aliphatic carbocycles. The lowest BCUT2D eigenvalue weighted by atomic mass is 10.0. The van der Waals surface area contributed by atoms with Gasteiger partial charge in [0.25, 0.3) is 0 Å². The van der Waals surface area contributed by atoms with E-state index in [-0.39, 0.29) is 12.0 Å². The second kappa shape index (κ2) is 5.04. The molecule has 0 aliphatic heterocycles. The molecule has 0 spiro atoms. The molecule has 0 aromatic heterocycles.